The van der Waals surface area contributed by atoms with Gasteiger partial charge in [0.15, 0.2) is 11.6 Å². The number of halogens is 6. The summed E-state index contributed by atoms with van der Waals surface area (Å²) in [6.07, 6.45) is 0.486. The maximum atomic E-state index is 17.0. The third-order valence-electron chi connectivity index (χ3n) is 10.6. The Labute approximate surface area is 262 Å². The second kappa shape index (κ2) is 10.0. The summed E-state index contributed by atoms with van der Waals surface area (Å²) >= 11 is 6.97. The van der Waals surface area contributed by atoms with Gasteiger partial charge in [0.05, 0.1) is 27.6 Å². The van der Waals surface area contributed by atoms with Gasteiger partial charge in [-0.3, -0.25) is 4.90 Å². The zero-order valence-electron chi connectivity index (χ0n) is 25.2. The van der Waals surface area contributed by atoms with Crippen LogP contribution < -0.4 is 14.4 Å². The summed E-state index contributed by atoms with van der Waals surface area (Å²) in [5.74, 6) is -0.463. The molecule has 1 saturated carbocycles. The van der Waals surface area contributed by atoms with Crippen molar-refractivity contribution in [2.45, 2.75) is 94.7 Å². The molecule has 4 aliphatic heterocycles. The molecule has 5 aliphatic rings. The molecule has 45 heavy (non-hydrogen) atoms. The number of hydrogen-bond acceptors (Lipinski definition) is 6. The molecule has 5 heterocycles. The van der Waals surface area contributed by atoms with Crippen LogP contribution in [0.4, 0.5) is 27.8 Å². The Morgan fingerprint density at radius 3 is 2.64 bits per heavy atom. The molecule has 4 fully saturated rings. The maximum absolute atomic E-state index is 17.0. The Balaban J connectivity index is 1.36. The molecule has 0 radical (unpaired) electrons. The molecular weight excluding hydrogens is 615 g/mol. The SMILES string of the molecule is Cc1cc(C)c(C(F)(F)F)c(-c2c(Cl)c3c4c(nc(OC[C@@]56CCCN5C[C@H](F)C6)nc4c2F)N2CCCC[C@H]2C2(CC2)O3)c1. The van der Waals surface area contributed by atoms with Crippen molar-refractivity contribution >= 4 is 28.3 Å². The number of aryl methyl sites for hydroxylation is 2. The molecule has 2 aromatic carbocycles. The molecule has 8 rings (SSSR count). The molecule has 0 unspecified atom stereocenters. The average Bonchev–Trinajstić information content (AvgIpc) is 3.59. The molecule has 3 aromatic rings. The van der Waals surface area contributed by atoms with Gasteiger partial charge in [-0.05, 0) is 76.5 Å². The molecular formula is C33H34ClF5N4O2. The van der Waals surface area contributed by atoms with Crippen molar-refractivity contribution in [3.8, 4) is 22.9 Å². The van der Waals surface area contributed by atoms with Crippen LogP contribution in [0.15, 0.2) is 12.1 Å². The monoisotopic (exact) mass is 648 g/mol. The topological polar surface area (TPSA) is 50.7 Å². The predicted molar refractivity (Wildman–Crippen MR) is 161 cm³/mol. The van der Waals surface area contributed by atoms with Gasteiger partial charge in [-0.1, -0.05) is 29.3 Å². The van der Waals surface area contributed by atoms with Crippen LogP contribution in [0.5, 0.6) is 11.8 Å². The van der Waals surface area contributed by atoms with Crippen molar-refractivity contribution in [2.24, 2.45) is 0 Å². The zero-order chi connectivity index (χ0) is 31.5. The van der Waals surface area contributed by atoms with Crippen molar-refractivity contribution < 1.29 is 31.4 Å². The van der Waals surface area contributed by atoms with Gasteiger partial charge in [0.2, 0.25) is 0 Å². The van der Waals surface area contributed by atoms with Crippen LogP contribution in [0.2, 0.25) is 5.02 Å². The number of anilines is 1. The van der Waals surface area contributed by atoms with Gasteiger partial charge in [0.1, 0.15) is 29.7 Å². The molecule has 0 amide bonds. The van der Waals surface area contributed by atoms with Gasteiger partial charge in [-0.25, -0.2) is 8.78 Å². The van der Waals surface area contributed by atoms with E-state index in [-0.39, 0.29) is 51.5 Å². The van der Waals surface area contributed by atoms with E-state index in [9.17, 15) is 17.6 Å². The average molecular weight is 649 g/mol. The molecule has 1 aromatic heterocycles. The number of fused-ring (bicyclic) bond motifs is 4. The molecule has 0 bridgehead atoms. The number of rotatable bonds is 4. The third-order valence-corrected chi connectivity index (χ3v) is 11.0. The minimum atomic E-state index is -4.77. The number of alkyl halides is 4. The van der Waals surface area contributed by atoms with E-state index in [0.29, 0.717) is 30.9 Å². The van der Waals surface area contributed by atoms with Crippen LogP contribution in [-0.2, 0) is 6.18 Å². The largest absolute Gasteiger partial charge is 0.483 e. The summed E-state index contributed by atoms with van der Waals surface area (Å²) in [5, 5.41) is 0.0214. The zero-order valence-corrected chi connectivity index (χ0v) is 25.9. The van der Waals surface area contributed by atoms with Crippen LogP contribution >= 0.6 is 11.6 Å². The fraction of sp³-hybridized carbons (Fsp3) is 0.576. The highest BCUT2D eigenvalue weighted by atomic mass is 35.5. The first-order valence-electron chi connectivity index (χ1n) is 15.8. The Morgan fingerprint density at radius 1 is 1.09 bits per heavy atom. The van der Waals surface area contributed by atoms with Crippen LogP contribution in [0.3, 0.4) is 0 Å². The quantitative estimate of drug-likeness (QED) is 0.268. The van der Waals surface area contributed by atoms with Gasteiger partial charge < -0.3 is 14.4 Å². The summed E-state index contributed by atoms with van der Waals surface area (Å²) in [4.78, 5) is 13.6. The number of hydrogen-bond donors (Lipinski definition) is 0. The summed E-state index contributed by atoms with van der Waals surface area (Å²) in [6.45, 7) is 4.93. The van der Waals surface area contributed by atoms with E-state index in [2.05, 4.69) is 14.8 Å². The smallest absolute Gasteiger partial charge is 0.417 e. The van der Waals surface area contributed by atoms with Crippen molar-refractivity contribution in [3.05, 3.63) is 39.7 Å². The van der Waals surface area contributed by atoms with Gasteiger partial charge in [0.25, 0.3) is 0 Å². The first kappa shape index (κ1) is 29.5. The van der Waals surface area contributed by atoms with Crippen LogP contribution in [-0.4, -0.2) is 64.5 Å². The van der Waals surface area contributed by atoms with Crippen LogP contribution in [0.25, 0.3) is 22.0 Å². The molecule has 240 valence electrons. The summed E-state index contributed by atoms with van der Waals surface area (Å²) in [6, 6.07) is 2.58. The van der Waals surface area contributed by atoms with Crippen LogP contribution in [0.1, 0.15) is 68.1 Å². The van der Waals surface area contributed by atoms with Crippen molar-refractivity contribution in [1.82, 2.24) is 14.9 Å². The molecule has 12 heteroatoms. The van der Waals surface area contributed by atoms with E-state index in [1.54, 1.807) is 6.92 Å². The second-order valence-electron chi connectivity index (χ2n) is 13.6. The first-order chi connectivity index (χ1) is 21.4. The lowest BCUT2D eigenvalue weighted by Crippen LogP contribution is -2.50. The number of piperidine rings is 1. The first-order valence-corrected chi connectivity index (χ1v) is 16.2. The van der Waals surface area contributed by atoms with E-state index in [0.717, 1.165) is 51.5 Å². The van der Waals surface area contributed by atoms with Crippen molar-refractivity contribution in [1.29, 1.82) is 0 Å². The molecule has 1 spiro atoms. The Bertz CT molecular complexity index is 1730. The summed E-state index contributed by atoms with van der Waals surface area (Å²) < 4.78 is 88.0. The van der Waals surface area contributed by atoms with Crippen molar-refractivity contribution in [3.63, 3.8) is 0 Å². The lowest BCUT2D eigenvalue weighted by molar-refractivity contribution is -0.137. The lowest BCUT2D eigenvalue weighted by Gasteiger charge is -2.39. The number of ether oxygens (including phenoxy) is 2. The highest BCUT2D eigenvalue weighted by molar-refractivity contribution is 6.36. The number of nitrogens with zero attached hydrogens (tertiary/aromatic N) is 4. The van der Waals surface area contributed by atoms with E-state index < -0.39 is 40.4 Å². The summed E-state index contributed by atoms with van der Waals surface area (Å²) in [5.41, 5.74) is -2.52. The van der Waals surface area contributed by atoms with E-state index in [1.807, 2.05) is 0 Å². The fourth-order valence-electron chi connectivity index (χ4n) is 8.59. The van der Waals surface area contributed by atoms with E-state index in [1.165, 1.54) is 19.1 Å². The molecule has 3 atom stereocenters. The maximum Gasteiger partial charge on any atom is 0.417 e. The Kier molecular flexibility index (Phi) is 6.58. The van der Waals surface area contributed by atoms with Crippen molar-refractivity contribution in [2.75, 3.05) is 31.1 Å². The Morgan fingerprint density at radius 2 is 1.89 bits per heavy atom. The lowest BCUT2D eigenvalue weighted by atomic mass is 9.92. The van der Waals surface area contributed by atoms with E-state index in [4.69, 9.17) is 26.1 Å². The normalized spacial score (nSPS) is 27.0. The molecule has 6 nitrogen and oxygen atoms in total. The van der Waals surface area contributed by atoms with Gasteiger partial charge in [-0.15, -0.1) is 0 Å². The molecule has 0 N–H and O–H groups in total. The van der Waals surface area contributed by atoms with Gasteiger partial charge in [-0.2, -0.15) is 23.1 Å². The third kappa shape index (κ3) is 4.50. The second-order valence-corrected chi connectivity index (χ2v) is 14.0. The Hall–Kier alpha value is -2.92. The van der Waals surface area contributed by atoms with Gasteiger partial charge >= 0.3 is 12.2 Å². The van der Waals surface area contributed by atoms with E-state index >= 15 is 4.39 Å². The predicted octanol–water partition coefficient (Wildman–Crippen LogP) is 7.96. The van der Waals surface area contributed by atoms with Crippen LogP contribution in [0, 0.1) is 19.7 Å². The summed E-state index contributed by atoms with van der Waals surface area (Å²) in [7, 11) is 0. The standard InChI is InChI=1S/C33H34ClF5N4O2/c1-17-12-18(2)24(33(37,38)39)20(13-17)22-25(34)28-23-27(26(22)36)40-30(44-16-31-7-5-10-42(31)15-19(35)14-31)41-29(23)43-11-4-3-6-21(43)32(45-28)8-9-32/h12-13,19,21H,3-11,14-16H2,1-2H3/t19-,21+,31+/m1/s1. The van der Waals surface area contributed by atoms with Gasteiger partial charge in [0, 0.05) is 25.1 Å². The minimum Gasteiger partial charge on any atom is -0.483 e. The molecule has 1 aliphatic carbocycles. The number of aromatic nitrogens is 2. The minimum absolute atomic E-state index is 0.0360. The fourth-order valence-corrected chi connectivity index (χ4v) is 8.91. The number of benzene rings is 2. The molecule has 3 saturated heterocycles. The highest BCUT2D eigenvalue weighted by Gasteiger charge is 2.58. The highest BCUT2D eigenvalue weighted by Crippen LogP contribution is 2.58.